The minimum Gasteiger partial charge on any atom is -0.369 e. The van der Waals surface area contributed by atoms with Gasteiger partial charge in [0.2, 0.25) is 5.91 Å². The van der Waals surface area contributed by atoms with Gasteiger partial charge in [0.1, 0.15) is 5.41 Å². The minimum atomic E-state index is -0.682. The molecular weight excluding hydrogens is 565 g/mol. The molecular formula is C37H44N4O2S. The van der Waals surface area contributed by atoms with Gasteiger partial charge >= 0.3 is 0 Å². The number of nitrogens with zero attached hydrogens (tertiary/aromatic N) is 3. The smallest absolute Gasteiger partial charge is 0.254 e. The molecule has 3 heterocycles. The highest BCUT2D eigenvalue weighted by atomic mass is 32.2. The molecule has 2 amide bonds. The zero-order valence-corrected chi connectivity index (χ0v) is 26.7. The molecule has 44 heavy (non-hydrogen) atoms. The number of hydrogen-bond donors (Lipinski definition) is 1. The number of carbonyl (C=O) groups excluding carboxylic acids is 2. The van der Waals surface area contributed by atoms with Crippen molar-refractivity contribution in [3.8, 4) is 0 Å². The summed E-state index contributed by atoms with van der Waals surface area (Å²) in [5.41, 5.74) is 4.86. The summed E-state index contributed by atoms with van der Waals surface area (Å²) in [5.74, 6) is 0.343. The number of fused-ring (bicyclic) bond motifs is 3. The van der Waals surface area contributed by atoms with Crippen LogP contribution in [0.25, 0.3) is 0 Å². The van der Waals surface area contributed by atoms with E-state index in [1.807, 2.05) is 6.92 Å². The molecule has 4 aliphatic rings. The van der Waals surface area contributed by atoms with E-state index < -0.39 is 5.41 Å². The van der Waals surface area contributed by atoms with Crippen molar-refractivity contribution in [2.45, 2.75) is 79.7 Å². The van der Waals surface area contributed by atoms with Gasteiger partial charge in [-0.05, 0) is 80.1 Å². The Bertz CT molecular complexity index is 1480. The molecule has 0 radical (unpaired) electrons. The van der Waals surface area contributed by atoms with Crippen LogP contribution in [-0.4, -0.2) is 66.9 Å². The van der Waals surface area contributed by atoms with E-state index in [-0.39, 0.29) is 11.8 Å². The summed E-state index contributed by atoms with van der Waals surface area (Å²) in [5, 5.41) is 3.20. The zero-order valence-electron chi connectivity index (χ0n) is 25.9. The first kappa shape index (κ1) is 29.4. The van der Waals surface area contributed by atoms with E-state index in [1.54, 1.807) is 11.8 Å². The number of piperazine rings is 1. The van der Waals surface area contributed by atoms with Crippen molar-refractivity contribution < 1.29 is 9.59 Å². The van der Waals surface area contributed by atoms with Gasteiger partial charge in [0.15, 0.2) is 0 Å². The van der Waals surface area contributed by atoms with E-state index >= 15 is 0 Å². The highest BCUT2D eigenvalue weighted by Gasteiger charge is 2.46. The molecule has 0 unspecified atom stereocenters. The summed E-state index contributed by atoms with van der Waals surface area (Å²) < 4.78 is 0. The van der Waals surface area contributed by atoms with E-state index in [4.69, 9.17) is 0 Å². The molecule has 0 spiro atoms. The van der Waals surface area contributed by atoms with Crippen LogP contribution in [0, 0.1) is 0 Å². The molecule has 1 saturated carbocycles. The first-order valence-corrected chi connectivity index (χ1v) is 17.5. The van der Waals surface area contributed by atoms with Crippen LogP contribution < -0.4 is 10.2 Å². The normalized spacial score (nSPS) is 19.8. The summed E-state index contributed by atoms with van der Waals surface area (Å²) in [6.07, 6.45) is 7.80. The summed E-state index contributed by atoms with van der Waals surface area (Å²) in [6.45, 7) is 8.22. The molecule has 3 aliphatic heterocycles. The lowest BCUT2D eigenvalue weighted by molar-refractivity contribution is -0.125. The molecule has 2 fully saturated rings. The van der Waals surface area contributed by atoms with Crippen LogP contribution in [0.4, 0.5) is 5.69 Å². The number of amides is 2. The van der Waals surface area contributed by atoms with Crippen LogP contribution in [0.15, 0.2) is 76.5 Å². The van der Waals surface area contributed by atoms with E-state index in [9.17, 15) is 9.59 Å². The van der Waals surface area contributed by atoms with E-state index in [1.165, 1.54) is 40.3 Å². The number of anilines is 1. The van der Waals surface area contributed by atoms with Gasteiger partial charge in [-0.1, -0.05) is 73.5 Å². The maximum atomic E-state index is 14.0. The average molecular weight is 609 g/mol. The third kappa shape index (κ3) is 5.32. The first-order chi connectivity index (χ1) is 21.6. The van der Waals surface area contributed by atoms with Crippen molar-refractivity contribution in [3.63, 3.8) is 0 Å². The Hall–Kier alpha value is -3.29. The van der Waals surface area contributed by atoms with Crippen LogP contribution in [0.5, 0.6) is 0 Å². The largest absolute Gasteiger partial charge is 0.369 e. The lowest BCUT2D eigenvalue weighted by Crippen LogP contribution is -2.49. The number of benzene rings is 3. The number of carbonyl (C=O) groups is 2. The predicted octanol–water partition coefficient (Wildman–Crippen LogP) is 6.46. The molecule has 230 valence electrons. The van der Waals surface area contributed by atoms with E-state index in [0.717, 1.165) is 81.6 Å². The summed E-state index contributed by atoms with van der Waals surface area (Å²) in [4.78, 5) is 36.8. The quantitative estimate of drug-likeness (QED) is 0.318. The van der Waals surface area contributed by atoms with Gasteiger partial charge in [-0.15, -0.1) is 0 Å². The molecule has 3 aromatic rings. The second kappa shape index (κ2) is 12.6. The highest BCUT2D eigenvalue weighted by molar-refractivity contribution is 7.99. The third-order valence-electron chi connectivity index (χ3n) is 10.3. The third-order valence-corrected chi connectivity index (χ3v) is 11.5. The monoisotopic (exact) mass is 608 g/mol. The molecule has 7 heteroatoms. The molecule has 1 N–H and O–H groups in total. The van der Waals surface area contributed by atoms with Crippen LogP contribution in [-0.2, 0) is 16.8 Å². The fourth-order valence-corrected chi connectivity index (χ4v) is 9.25. The highest BCUT2D eigenvalue weighted by Crippen LogP contribution is 2.51. The minimum absolute atomic E-state index is 0.109. The lowest BCUT2D eigenvalue weighted by Gasteiger charge is -2.40. The van der Waals surface area contributed by atoms with Gasteiger partial charge in [0.25, 0.3) is 5.91 Å². The average Bonchev–Trinajstić information content (AvgIpc) is 3.40. The lowest BCUT2D eigenvalue weighted by atomic mass is 9.70. The van der Waals surface area contributed by atoms with Gasteiger partial charge in [-0.3, -0.25) is 14.5 Å². The first-order valence-electron chi connectivity index (χ1n) is 16.6. The van der Waals surface area contributed by atoms with Crippen molar-refractivity contribution >= 4 is 29.3 Å². The van der Waals surface area contributed by atoms with Crippen molar-refractivity contribution in [3.05, 3.63) is 89.0 Å². The van der Waals surface area contributed by atoms with Gasteiger partial charge < -0.3 is 15.1 Å². The Morgan fingerprint density at radius 2 is 1.59 bits per heavy atom. The predicted molar refractivity (Wildman–Crippen MR) is 178 cm³/mol. The fourth-order valence-electron chi connectivity index (χ4n) is 8.01. The zero-order chi connectivity index (χ0) is 30.1. The molecule has 7 rings (SSSR count). The molecule has 3 aromatic carbocycles. The van der Waals surface area contributed by atoms with Crippen LogP contribution in [0.1, 0.15) is 78.9 Å². The maximum absolute atomic E-state index is 14.0. The number of hydrogen-bond acceptors (Lipinski definition) is 5. The molecule has 0 aromatic heterocycles. The number of nitrogens with one attached hydrogen (secondary N) is 1. The van der Waals surface area contributed by atoms with Crippen molar-refractivity contribution in [1.82, 2.24) is 15.1 Å². The SMILES string of the molecule is CCNC(=O)C1(CCCN2CCN(c3ccc4c(c3)C(=O)N(C3CCCCC3)C4)CC2)c2ccccc2Sc2ccccc21. The van der Waals surface area contributed by atoms with Crippen molar-refractivity contribution in [2.75, 3.05) is 44.2 Å². The van der Waals surface area contributed by atoms with Crippen LogP contribution in [0.2, 0.25) is 0 Å². The second-order valence-electron chi connectivity index (χ2n) is 12.9. The Labute approximate surface area is 266 Å². The molecule has 1 saturated heterocycles. The summed E-state index contributed by atoms with van der Waals surface area (Å²) in [6, 6.07) is 23.9. The van der Waals surface area contributed by atoms with Crippen molar-refractivity contribution in [2.24, 2.45) is 0 Å². The number of rotatable bonds is 8. The van der Waals surface area contributed by atoms with Crippen LogP contribution in [0.3, 0.4) is 0 Å². The van der Waals surface area contributed by atoms with E-state index in [2.05, 4.69) is 86.7 Å². The summed E-state index contributed by atoms with van der Waals surface area (Å²) >= 11 is 1.77. The summed E-state index contributed by atoms with van der Waals surface area (Å²) in [7, 11) is 0. The standard InChI is InChI=1S/C37H44N4O2S/c1-2-38-36(43)37(31-13-6-8-15-33(31)44-34-16-9-7-14-32(34)37)19-10-20-39-21-23-40(24-22-39)29-18-17-27-26-41(35(42)30(27)25-29)28-11-4-3-5-12-28/h6-9,13-18,25,28H,2-5,10-12,19-24,26H2,1H3,(H,38,43). The molecule has 6 nitrogen and oxygen atoms in total. The molecule has 1 aliphatic carbocycles. The molecule has 0 atom stereocenters. The van der Waals surface area contributed by atoms with Gasteiger partial charge in [0, 0.05) is 66.4 Å². The Kier molecular flexibility index (Phi) is 8.43. The van der Waals surface area contributed by atoms with Gasteiger partial charge in [-0.25, -0.2) is 0 Å². The van der Waals surface area contributed by atoms with Crippen molar-refractivity contribution in [1.29, 1.82) is 0 Å². The maximum Gasteiger partial charge on any atom is 0.254 e. The Morgan fingerprint density at radius 1 is 0.909 bits per heavy atom. The van der Waals surface area contributed by atoms with Crippen LogP contribution >= 0.6 is 11.8 Å². The Balaban J connectivity index is 1.01. The number of likely N-dealkylation sites (N-methyl/N-ethyl adjacent to an activating group) is 1. The fraction of sp³-hybridized carbons (Fsp3) is 0.459. The van der Waals surface area contributed by atoms with E-state index in [0.29, 0.717) is 12.6 Å². The topological polar surface area (TPSA) is 55.9 Å². The van der Waals surface area contributed by atoms with Gasteiger partial charge in [-0.2, -0.15) is 0 Å². The molecule has 0 bridgehead atoms. The van der Waals surface area contributed by atoms with Gasteiger partial charge in [0.05, 0.1) is 0 Å². The Morgan fingerprint density at radius 3 is 2.27 bits per heavy atom. The second-order valence-corrected chi connectivity index (χ2v) is 13.9.